The topological polar surface area (TPSA) is 78.9 Å². The second kappa shape index (κ2) is 13.2. The lowest BCUT2D eigenvalue weighted by Gasteiger charge is -2.40. The number of hydrogen-bond acceptors (Lipinski definition) is 4. The highest BCUT2D eigenvalue weighted by molar-refractivity contribution is 5.75. The highest BCUT2D eigenvalue weighted by atomic mass is 19.4. The van der Waals surface area contributed by atoms with Gasteiger partial charge in [-0.2, -0.15) is 39.5 Å². The molecule has 1 amide bonds. The Bertz CT molecular complexity index is 1230. The van der Waals surface area contributed by atoms with Crippen molar-refractivity contribution in [1.82, 2.24) is 4.90 Å². The van der Waals surface area contributed by atoms with E-state index in [-0.39, 0.29) is 36.3 Å². The van der Waals surface area contributed by atoms with Crippen molar-refractivity contribution in [2.45, 2.75) is 64.3 Å². The third-order valence-corrected chi connectivity index (χ3v) is 6.25. The summed E-state index contributed by atoms with van der Waals surface area (Å²) in [5.41, 5.74) is -4.32. The second-order valence-corrected chi connectivity index (χ2v) is 9.90. The Labute approximate surface area is 235 Å². The monoisotopic (exact) mass is 616 g/mol. The van der Waals surface area contributed by atoms with Crippen LogP contribution >= 0.6 is 0 Å². The third-order valence-electron chi connectivity index (χ3n) is 6.25. The van der Waals surface area contributed by atoms with Gasteiger partial charge in [-0.05, 0) is 53.9 Å². The molecule has 2 aromatic rings. The number of halogens is 9. The van der Waals surface area contributed by atoms with Crippen molar-refractivity contribution >= 4 is 17.6 Å². The van der Waals surface area contributed by atoms with Gasteiger partial charge in [-0.1, -0.05) is 13.8 Å². The number of carbonyl (C=O) groups is 2. The van der Waals surface area contributed by atoms with Gasteiger partial charge in [0.2, 0.25) is 5.91 Å². The molecule has 0 radical (unpaired) electrons. The Balaban J connectivity index is 0.000000928. The molecule has 0 bridgehead atoms. The van der Waals surface area contributed by atoms with Crippen molar-refractivity contribution in [2.24, 2.45) is 5.92 Å². The molecule has 0 aliphatic carbocycles. The molecule has 0 aromatic heterocycles. The van der Waals surface area contributed by atoms with Crippen LogP contribution in [0.15, 0.2) is 36.4 Å². The number of ether oxygens (including phenoxy) is 1. The quantitative estimate of drug-likeness (QED) is 0.331. The van der Waals surface area contributed by atoms with E-state index in [0.29, 0.717) is 12.1 Å². The fourth-order valence-electron chi connectivity index (χ4n) is 4.18. The van der Waals surface area contributed by atoms with Gasteiger partial charge in [-0.25, -0.2) is 0 Å². The summed E-state index contributed by atoms with van der Waals surface area (Å²) in [4.78, 5) is 23.2. The molecule has 0 fully saturated rings. The number of methoxy groups -OCH3 is 1. The van der Waals surface area contributed by atoms with Crippen LogP contribution in [0.2, 0.25) is 0 Å². The lowest BCUT2D eigenvalue weighted by atomic mass is 9.90. The Hall–Kier alpha value is -3.49. The first-order valence-corrected chi connectivity index (χ1v) is 12.4. The van der Waals surface area contributed by atoms with Crippen LogP contribution in [0.1, 0.15) is 61.1 Å². The number of anilines is 1. The SMILES string of the molecule is CC(C)C(=O)O.COC[C@@H]1C[C@H](N(Cc2cc(C(F)(F)F)cc(C(F)(F)F)c2)C(C)=O)c2cc(C(F)(F)F)ccc2N1. The van der Waals surface area contributed by atoms with E-state index in [9.17, 15) is 49.1 Å². The van der Waals surface area contributed by atoms with Gasteiger partial charge in [0.1, 0.15) is 0 Å². The van der Waals surface area contributed by atoms with Gasteiger partial charge >= 0.3 is 24.5 Å². The zero-order valence-corrected chi connectivity index (χ0v) is 22.8. The highest BCUT2D eigenvalue weighted by Gasteiger charge is 2.39. The maximum Gasteiger partial charge on any atom is 0.416 e. The third kappa shape index (κ3) is 9.26. The van der Waals surface area contributed by atoms with Gasteiger partial charge in [0.05, 0.1) is 41.3 Å². The fraction of sp³-hybridized carbons (Fsp3) is 0.481. The molecule has 6 nitrogen and oxygen atoms in total. The average molecular weight is 617 g/mol. The van der Waals surface area contributed by atoms with Crippen LogP contribution in [0.4, 0.5) is 45.2 Å². The van der Waals surface area contributed by atoms with Gasteiger partial charge < -0.3 is 20.1 Å². The maximum absolute atomic E-state index is 13.4. The summed E-state index contributed by atoms with van der Waals surface area (Å²) >= 11 is 0. The zero-order chi connectivity index (χ0) is 32.2. The van der Waals surface area contributed by atoms with Crippen molar-refractivity contribution in [2.75, 3.05) is 19.0 Å². The molecule has 0 unspecified atom stereocenters. The first-order valence-electron chi connectivity index (χ1n) is 12.4. The minimum Gasteiger partial charge on any atom is -0.481 e. The summed E-state index contributed by atoms with van der Waals surface area (Å²) in [6, 6.07) is 2.20. The summed E-state index contributed by atoms with van der Waals surface area (Å²) in [5.74, 6) is -1.72. The van der Waals surface area contributed by atoms with Gasteiger partial charge in [-0.15, -0.1) is 0 Å². The van der Waals surface area contributed by atoms with E-state index in [1.165, 1.54) is 7.11 Å². The van der Waals surface area contributed by atoms with Gasteiger partial charge in [0, 0.05) is 26.3 Å². The van der Waals surface area contributed by atoms with Crippen LogP contribution in [0.25, 0.3) is 0 Å². The average Bonchev–Trinajstić information content (AvgIpc) is 2.85. The molecule has 3 rings (SSSR count). The lowest BCUT2D eigenvalue weighted by molar-refractivity contribution is -0.143. The van der Waals surface area contributed by atoms with Crippen molar-refractivity contribution in [3.8, 4) is 0 Å². The normalized spacial score (nSPS) is 17.1. The number of nitrogens with one attached hydrogen (secondary N) is 1. The molecular weight excluding hydrogens is 587 g/mol. The number of carboxylic acid groups (broad SMARTS) is 1. The molecule has 1 aliphatic heterocycles. The minimum absolute atomic E-state index is 0.00677. The summed E-state index contributed by atoms with van der Waals surface area (Å²) in [5, 5.41) is 11.0. The largest absolute Gasteiger partial charge is 0.481 e. The van der Waals surface area contributed by atoms with Gasteiger partial charge in [0.25, 0.3) is 0 Å². The molecule has 2 N–H and O–H groups in total. The fourth-order valence-corrected chi connectivity index (χ4v) is 4.18. The maximum atomic E-state index is 13.4. The van der Waals surface area contributed by atoms with Crippen molar-refractivity contribution in [3.63, 3.8) is 0 Å². The van der Waals surface area contributed by atoms with Crippen LogP contribution < -0.4 is 5.32 Å². The van der Waals surface area contributed by atoms with E-state index >= 15 is 0 Å². The Morgan fingerprint density at radius 1 is 0.929 bits per heavy atom. The molecule has 15 heteroatoms. The molecule has 1 aliphatic rings. The van der Waals surface area contributed by atoms with E-state index in [2.05, 4.69) is 5.32 Å². The van der Waals surface area contributed by atoms with Crippen molar-refractivity contribution in [3.05, 3.63) is 64.2 Å². The smallest absolute Gasteiger partial charge is 0.416 e. The van der Waals surface area contributed by atoms with Crippen LogP contribution in [-0.4, -0.2) is 41.6 Å². The molecule has 2 aromatic carbocycles. The summed E-state index contributed by atoms with van der Waals surface area (Å²) in [6.07, 6.45) is -14.9. The standard InChI is InChI=1S/C23H21F9N2O2.C4H8O2/c1-12(35)34(10-13-5-15(22(27,28)29)7-16(6-13)23(30,31)32)20-9-17(11-36-2)33-19-4-3-14(8-18(19)20)21(24,25)26;1-3(2)4(5)6/h3-8,17,20,33H,9-11H2,1-2H3;3H,1-2H3,(H,5,6)/t17-,20-;/m0./s1. The predicted octanol–water partition coefficient (Wildman–Crippen LogP) is 7.39. The van der Waals surface area contributed by atoms with Crippen LogP contribution in [0.3, 0.4) is 0 Å². The molecule has 0 saturated heterocycles. The summed E-state index contributed by atoms with van der Waals surface area (Å²) < 4.78 is 125. The predicted molar refractivity (Wildman–Crippen MR) is 133 cm³/mol. The number of benzene rings is 2. The Morgan fingerprint density at radius 3 is 1.83 bits per heavy atom. The molecule has 2 atom stereocenters. The van der Waals surface area contributed by atoms with E-state index in [1.807, 2.05) is 0 Å². The van der Waals surface area contributed by atoms with Gasteiger partial charge in [-0.3, -0.25) is 9.59 Å². The molecule has 0 spiro atoms. The minimum atomic E-state index is -5.09. The molecule has 0 saturated carbocycles. The number of carbonyl (C=O) groups excluding carboxylic acids is 1. The number of alkyl halides is 9. The lowest BCUT2D eigenvalue weighted by Crippen LogP contribution is -2.41. The van der Waals surface area contributed by atoms with E-state index in [0.717, 1.165) is 30.0 Å². The number of aliphatic carboxylic acids is 1. The number of amides is 1. The van der Waals surface area contributed by atoms with E-state index < -0.39 is 71.3 Å². The number of fused-ring (bicyclic) bond motifs is 1. The van der Waals surface area contributed by atoms with Crippen LogP contribution in [0.5, 0.6) is 0 Å². The first-order chi connectivity index (χ1) is 19.1. The molecule has 1 heterocycles. The summed E-state index contributed by atoms with van der Waals surface area (Å²) in [7, 11) is 1.38. The summed E-state index contributed by atoms with van der Waals surface area (Å²) in [6.45, 7) is 3.72. The van der Waals surface area contributed by atoms with Crippen molar-refractivity contribution in [1.29, 1.82) is 0 Å². The number of rotatable bonds is 6. The van der Waals surface area contributed by atoms with Crippen LogP contribution in [0, 0.1) is 5.92 Å². The number of carboxylic acids is 1. The molecular formula is C27H29F9N2O4. The highest BCUT2D eigenvalue weighted by Crippen LogP contribution is 2.42. The molecule has 42 heavy (non-hydrogen) atoms. The van der Waals surface area contributed by atoms with E-state index in [1.54, 1.807) is 13.8 Å². The molecule has 234 valence electrons. The first kappa shape index (κ1) is 34.7. The zero-order valence-electron chi connectivity index (χ0n) is 22.8. The Kier molecular flexibility index (Phi) is 10.9. The van der Waals surface area contributed by atoms with Gasteiger partial charge in [0.15, 0.2) is 0 Å². The number of hydrogen-bond donors (Lipinski definition) is 2. The van der Waals surface area contributed by atoms with Crippen LogP contribution in [-0.2, 0) is 39.4 Å². The van der Waals surface area contributed by atoms with E-state index in [4.69, 9.17) is 9.84 Å². The second-order valence-electron chi connectivity index (χ2n) is 9.90. The Morgan fingerprint density at radius 2 is 1.43 bits per heavy atom. The van der Waals surface area contributed by atoms with Crippen molar-refractivity contribution < 1.29 is 58.9 Å². The number of nitrogens with zero attached hydrogens (tertiary/aromatic N) is 1.